The summed E-state index contributed by atoms with van der Waals surface area (Å²) in [6, 6.07) is 6.94. The molecule has 18 heavy (non-hydrogen) atoms. The summed E-state index contributed by atoms with van der Waals surface area (Å²) in [6.07, 6.45) is 0. The Labute approximate surface area is 107 Å². The molecule has 6 heteroatoms. The van der Waals surface area contributed by atoms with Gasteiger partial charge in [-0.25, -0.2) is 0 Å². The second-order valence-electron chi connectivity index (χ2n) is 3.77. The smallest absolute Gasteiger partial charge is 0.423 e. The molecular formula is C12H19BO5. The van der Waals surface area contributed by atoms with Gasteiger partial charge in [-0.3, -0.25) is 0 Å². The number of benzene rings is 1. The van der Waals surface area contributed by atoms with Gasteiger partial charge >= 0.3 is 7.12 Å². The monoisotopic (exact) mass is 254 g/mol. The average molecular weight is 254 g/mol. The third-order valence-electron chi connectivity index (χ3n) is 2.35. The highest BCUT2D eigenvalue weighted by Gasteiger charge is 2.09. The molecule has 0 saturated heterocycles. The standard InChI is InChI=1S/C12H19BO5/c1-16-6-7-17-8-9-18-10-11-2-4-12(5-3-11)13(14)15/h2-5,14-15H,6-10H2,1H3. The lowest BCUT2D eigenvalue weighted by atomic mass is 9.80. The topological polar surface area (TPSA) is 68.2 Å². The zero-order valence-electron chi connectivity index (χ0n) is 10.5. The predicted octanol–water partition coefficient (Wildman–Crippen LogP) is -0.454. The maximum atomic E-state index is 8.93. The molecule has 1 aromatic rings. The molecule has 0 unspecified atom stereocenters. The Bertz CT molecular complexity index is 315. The number of hydrogen-bond acceptors (Lipinski definition) is 5. The fourth-order valence-corrected chi connectivity index (χ4v) is 1.34. The van der Waals surface area contributed by atoms with Gasteiger partial charge in [-0.15, -0.1) is 0 Å². The van der Waals surface area contributed by atoms with Crippen molar-refractivity contribution in [2.45, 2.75) is 6.61 Å². The van der Waals surface area contributed by atoms with Gasteiger partial charge in [0.05, 0.1) is 33.0 Å². The number of methoxy groups -OCH3 is 1. The number of rotatable bonds is 9. The van der Waals surface area contributed by atoms with Crippen LogP contribution in [0.5, 0.6) is 0 Å². The zero-order chi connectivity index (χ0) is 13.2. The fourth-order valence-electron chi connectivity index (χ4n) is 1.34. The fraction of sp³-hybridized carbons (Fsp3) is 0.500. The summed E-state index contributed by atoms with van der Waals surface area (Å²) in [5, 5.41) is 17.9. The maximum Gasteiger partial charge on any atom is 0.488 e. The molecule has 1 aromatic carbocycles. The molecule has 0 aliphatic carbocycles. The van der Waals surface area contributed by atoms with Crippen molar-refractivity contribution in [2.24, 2.45) is 0 Å². The van der Waals surface area contributed by atoms with Crippen LogP contribution in [0, 0.1) is 0 Å². The van der Waals surface area contributed by atoms with E-state index >= 15 is 0 Å². The van der Waals surface area contributed by atoms with Crippen LogP contribution in [-0.2, 0) is 20.8 Å². The Kier molecular flexibility index (Phi) is 7.63. The highest BCUT2D eigenvalue weighted by Crippen LogP contribution is 1.99. The molecule has 0 amide bonds. The van der Waals surface area contributed by atoms with E-state index in [0.29, 0.717) is 38.5 Å². The molecular weight excluding hydrogens is 235 g/mol. The second-order valence-corrected chi connectivity index (χ2v) is 3.77. The van der Waals surface area contributed by atoms with Gasteiger partial charge in [0.1, 0.15) is 0 Å². The van der Waals surface area contributed by atoms with Gasteiger partial charge in [-0.1, -0.05) is 24.3 Å². The number of ether oxygens (including phenoxy) is 3. The lowest BCUT2D eigenvalue weighted by Crippen LogP contribution is -2.29. The van der Waals surface area contributed by atoms with Crippen molar-refractivity contribution < 1.29 is 24.3 Å². The van der Waals surface area contributed by atoms with E-state index in [-0.39, 0.29) is 0 Å². The van der Waals surface area contributed by atoms with Crippen molar-refractivity contribution in [1.82, 2.24) is 0 Å². The molecule has 0 aliphatic rings. The third kappa shape index (κ3) is 6.14. The molecule has 0 spiro atoms. The van der Waals surface area contributed by atoms with E-state index in [1.54, 1.807) is 31.4 Å². The van der Waals surface area contributed by atoms with E-state index in [1.807, 2.05) is 0 Å². The number of hydrogen-bond donors (Lipinski definition) is 2. The summed E-state index contributed by atoms with van der Waals surface area (Å²) >= 11 is 0. The van der Waals surface area contributed by atoms with Crippen molar-refractivity contribution in [3.63, 3.8) is 0 Å². The van der Waals surface area contributed by atoms with E-state index in [9.17, 15) is 0 Å². The van der Waals surface area contributed by atoms with Gasteiger partial charge in [0.15, 0.2) is 0 Å². The van der Waals surface area contributed by atoms with Crippen LogP contribution in [0.2, 0.25) is 0 Å². The summed E-state index contributed by atoms with van der Waals surface area (Å²) in [5.74, 6) is 0. The van der Waals surface area contributed by atoms with Crippen LogP contribution in [0.15, 0.2) is 24.3 Å². The molecule has 5 nitrogen and oxygen atoms in total. The van der Waals surface area contributed by atoms with Gasteiger partial charge in [0.25, 0.3) is 0 Å². The van der Waals surface area contributed by atoms with E-state index < -0.39 is 7.12 Å². The molecule has 0 heterocycles. The molecule has 0 bridgehead atoms. The summed E-state index contributed by atoms with van der Waals surface area (Å²) in [4.78, 5) is 0. The van der Waals surface area contributed by atoms with Crippen LogP contribution in [-0.4, -0.2) is 50.7 Å². The lowest BCUT2D eigenvalue weighted by Gasteiger charge is -2.06. The minimum Gasteiger partial charge on any atom is -0.423 e. The first-order valence-corrected chi connectivity index (χ1v) is 5.83. The van der Waals surface area contributed by atoms with E-state index in [0.717, 1.165) is 5.56 Å². The summed E-state index contributed by atoms with van der Waals surface area (Å²) in [5.41, 5.74) is 1.46. The second kappa shape index (κ2) is 9.07. The van der Waals surface area contributed by atoms with Crippen LogP contribution in [0.25, 0.3) is 0 Å². The summed E-state index contributed by atoms with van der Waals surface area (Å²) in [6.45, 7) is 2.70. The maximum absolute atomic E-state index is 8.93. The predicted molar refractivity (Wildman–Crippen MR) is 68.6 cm³/mol. The normalized spacial score (nSPS) is 10.6. The van der Waals surface area contributed by atoms with Gasteiger partial charge in [-0.05, 0) is 11.0 Å². The largest absolute Gasteiger partial charge is 0.488 e. The van der Waals surface area contributed by atoms with Crippen molar-refractivity contribution >= 4 is 12.6 Å². The molecule has 1 rings (SSSR count). The Morgan fingerprint density at radius 3 is 2.17 bits per heavy atom. The van der Waals surface area contributed by atoms with Gasteiger partial charge in [-0.2, -0.15) is 0 Å². The van der Waals surface area contributed by atoms with Gasteiger partial charge in [0.2, 0.25) is 0 Å². The van der Waals surface area contributed by atoms with Crippen LogP contribution >= 0.6 is 0 Å². The van der Waals surface area contributed by atoms with Crippen molar-refractivity contribution in [1.29, 1.82) is 0 Å². The Hall–Kier alpha value is -0.915. The van der Waals surface area contributed by atoms with Crippen LogP contribution in [0.1, 0.15) is 5.56 Å². The van der Waals surface area contributed by atoms with Crippen LogP contribution in [0.3, 0.4) is 0 Å². The van der Waals surface area contributed by atoms with Crippen molar-refractivity contribution in [3.8, 4) is 0 Å². The van der Waals surface area contributed by atoms with Crippen LogP contribution in [0.4, 0.5) is 0 Å². The Morgan fingerprint density at radius 1 is 0.944 bits per heavy atom. The molecule has 2 N–H and O–H groups in total. The molecule has 0 radical (unpaired) electrons. The molecule has 100 valence electrons. The molecule has 0 atom stereocenters. The summed E-state index contributed by atoms with van der Waals surface area (Å²) in [7, 11) is 0.210. The first-order valence-electron chi connectivity index (χ1n) is 5.83. The van der Waals surface area contributed by atoms with E-state index in [4.69, 9.17) is 24.3 Å². The van der Waals surface area contributed by atoms with Crippen molar-refractivity contribution in [3.05, 3.63) is 29.8 Å². The first kappa shape index (κ1) is 15.1. The Morgan fingerprint density at radius 2 is 1.56 bits per heavy atom. The van der Waals surface area contributed by atoms with E-state index in [2.05, 4.69) is 0 Å². The average Bonchev–Trinajstić information content (AvgIpc) is 2.38. The van der Waals surface area contributed by atoms with Gasteiger partial charge < -0.3 is 24.3 Å². The minimum atomic E-state index is -1.42. The quantitative estimate of drug-likeness (QED) is 0.461. The van der Waals surface area contributed by atoms with E-state index in [1.165, 1.54) is 0 Å². The minimum absolute atomic E-state index is 0.474. The van der Waals surface area contributed by atoms with Gasteiger partial charge in [0, 0.05) is 7.11 Å². The molecule has 0 fully saturated rings. The summed E-state index contributed by atoms with van der Waals surface area (Å²) < 4.78 is 15.5. The molecule has 0 aliphatic heterocycles. The highest BCUT2D eigenvalue weighted by molar-refractivity contribution is 6.58. The first-order chi connectivity index (χ1) is 8.74. The lowest BCUT2D eigenvalue weighted by molar-refractivity contribution is 0.0199. The SMILES string of the molecule is COCCOCCOCc1ccc(B(O)O)cc1. The third-order valence-corrected chi connectivity index (χ3v) is 2.35. The molecule has 0 saturated carbocycles. The molecule has 0 aromatic heterocycles. The van der Waals surface area contributed by atoms with Crippen molar-refractivity contribution in [2.75, 3.05) is 33.5 Å². The van der Waals surface area contributed by atoms with Crippen LogP contribution < -0.4 is 5.46 Å². The zero-order valence-corrected chi connectivity index (χ0v) is 10.5. The highest BCUT2D eigenvalue weighted by atomic mass is 16.5. The Balaban J connectivity index is 2.12.